The van der Waals surface area contributed by atoms with E-state index < -0.39 is 17.5 Å². The number of piperidine rings is 1. The molecule has 0 amide bonds. The van der Waals surface area contributed by atoms with Gasteiger partial charge in [-0.1, -0.05) is 13.3 Å². The number of hydrogen-bond acceptors (Lipinski definition) is 6. The van der Waals surface area contributed by atoms with Gasteiger partial charge in [-0.3, -0.25) is 0 Å². The number of aliphatic hydroxyl groups is 1. The van der Waals surface area contributed by atoms with Gasteiger partial charge in [0.1, 0.15) is 6.04 Å². The third-order valence-electron chi connectivity index (χ3n) is 4.86. The highest BCUT2D eigenvalue weighted by atomic mass is 16.4. The predicted molar refractivity (Wildman–Crippen MR) is 91.1 cm³/mol. The maximum Gasteiger partial charge on any atom is 0.351 e. The molecule has 2 aromatic rings. The van der Waals surface area contributed by atoms with Crippen LogP contribution in [0.25, 0.3) is 0 Å². The molecule has 4 atom stereocenters. The number of nitrogens with two attached hydrogens (primary N) is 1. The first-order valence-corrected chi connectivity index (χ1v) is 8.84. The molecule has 27 heavy (non-hydrogen) atoms. The SMILES string of the molecule is CCCC1C(c2ccco2)[NH2+]C(c2ccco2)CC1(C)O.O=C([O-])C(=O)O. The molecule has 1 fully saturated rings. The van der Waals surface area contributed by atoms with Gasteiger partial charge in [0.2, 0.25) is 0 Å². The van der Waals surface area contributed by atoms with Crippen LogP contribution in [0.15, 0.2) is 45.6 Å². The minimum absolute atomic E-state index is 0.123. The molecule has 4 unspecified atom stereocenters. The van der Waals surface area contributed by atoms with E-state index in [0.29, 0.717) is 6.42 Å². The van der Waals surface area contributed by atoms with Crippen molar-refractivity contribution in [1.29, 1.82) is 0 Å². The summed E-state index contributed by atoms with van der Waals surface area (Å²) in [6, 6.07) is 8.05. The van der Waals surface area contributed by atoms with Gasteiger partial charge in [-0.25, -0.2) is 4.79 Å². The van der Waals surface area contributed by atoms with Crippen LogP contribution in [0.1, 0.15) is 56.7 Å². The van der Waals surface area contributed by atoms with Crippen LogP contribution < -0.4 is 10.4 Å². The van der Waals surface area contributed by atoms with Gasteiger partial charge >= 0.3 is 5.97 Å². The van der Waals surface area contributed by atoms with E-state index in [1.54, 1.807) is 12.5 Å². The fourth-order valence-corrected chi connectivity index (χ4v) is 3.71. The molecule has 1 saturated heterocycles. The number of rotatable bonds is 4. The van der Waals surface area contributed by atoms with Crippen molar-refractivity contribution in [2.45, 2.75) is 50.8 Å². The van der Waals surface area contributed by atoms with Crippen molar-refractivity contribution in [2.75, 3.05) is 0 Å². The summed E-state index contributed by atoms with van der Waals surface area (Å²) in [5, 5.41) is 29.6. The molecular weight excluding hydrogens is 354 g/mol. The Bertz CT molecular complexity index is 709. The van der Waals surface area contributed by atoms with Gasteiger partial charge in [0, 0.05) is 12.3 Å². The summed E-state index contributed by atoms with van der Waals surface area (Å²) in [5.74, 6) is -1.98. The van der Waals surface area contributed by atoms with Crippen LogP contribution in [0.4, 0.5) is 0 Å². The fourth-order valence-electron chi connectivity index (χ4n) is 3.71. The van der Waals surface area contributed by atoms with E-state index in [0.717, 1.165) is 24.4 Å². The molecule has 148 valence electrons. The highest BCUT2D eigenvalue weighted by Crippen LogP contribution is 2.41. The van der Waals surface area contributed by atoms with Crippen molar-refractivity contribution >= 4 is 11.9 Å². The molecule has 3 rings (SSSR count). The van der Waals surface area contributed by atoms with Crippen LogP contribution in [-0.4, -0.2) is 27.8 Å². The van der Waals surface area contributed by atoms with E-state index in [2.05, 4.69) is 12.2 Å². The Labute approximate surface area is 156 Å². The summed E-state index contributed by atoms with van der Waals surface area (Å²) in [4.78, 5) is 18.0. The van der Waals surface area contributed by atoms with Gasteiger partial charge in [-0.05, 0) is 37.6 Å². The first-order chi connectivity index (χ1) is 12.8. The standard InChI is InChI=1S/C17H23NO3.C2H2O4/c1-3-6-12-16(15-8-5-10-21-15)18-13(11-17(12,2)19)14-7-4-9-20-14;3-1(4)2(5)6/h4-5,7-10,12-13,16,18-19H,3,6,11H2,1-2H3;(H,3,4)(H,5,6). The topological polar surface area (TPSA) is 141 Å². The smallest absolute Gasteiger partial charge is 0.351 e. The molecule has 8 nitrogen and oxygen atoms in total. The van der Waals surface area contributed by atoms with E-state index in [4.69, 9.17) is 28.6 Å². The third kappa shape index (κ3) is 5.21. The number of quaternary nitrogens is 1. The third-order valence-corrected chi connectivity index (χ3v) is 4.86. The molecule has 4 N–H and O–H groups in total. The summed E-state index contributed by atoms with van der Waals surface area (Å²) in [7, 11) is 0. The quantitative estimate of drug-likeness (QED) is 0.661. The molecule has 1 aliphatic rings. The van der Waals surface area contributed by atoms with E-state index in [1.807, 2.05) is 31.2 Å². The molecule has 0 aromatic carbocycles. The number of carboxylic acids is 2. The number of carboxylic acid groups (broad SMARTS) is 2. The van der Waals surface area contributed by atoms with Crippen LogP contribution in [-0.2, 0) is 9.59 Å². The zero-order valence-corrected chi connectivity index (χ0v) is 15.3. The first kappa shape index (κ1) is 20.7. The molecule has 0 spiro atoms. The highest BCUT2D eigenvalue weighted by Gasteiger charge is 2.49. The van der Waals surface area contributed by atoms with Crippen molar-refractivity contribution < 1.29 is 39.1 Å². The molecule has 0 radical (unpaired) electrons. The second-order valence-corrected chi connectivity index (χ2v) is 6.90. The lowest BCUT2D eigenvalue weighted by Crippen LogP contribution is -2.91. The fraction of sp³-hybridized carbons (Fsp3) is 0.474. The summed E-state index contributed by atoms with van der Waals surface area (Å²) in [5.41, 5.74) is -0.723. The van der Waals surface area contributed by atoms with Crippen LogP contribution in [0.5, 0.6) is 0 Å². The van der Waals surface area contributed by atoms with E-state index in [-0.39, 0.29) is 18.0 Å². The minimum atomic E-state index is -2.07. The Morgan fingerprint density at radius 2 is 1.81 bits per heavy atom. The molecule has 1 aliphatic heterocycles. The molecule has 8 heteroatoms. The summed E-state index contributed by atoms with van der Waals surface area (Å²) < 4.78 is 11.2. The monoisotopic (exact) mass is 379 g/mol. The largest absolute Gasteiger partial charge is 0.539 e. The number of furan rings is 2. The van der Waals surface area contributed by atoms with E-state index in [9.17, 15) is 5.11 Å². The lowest BCUT2D eigenvalue weighted by Gasteiger charge is -2.43. The van der Waals surface area contributed by atoms with Gasteiger partial charge in [0.25, 0.3) is 0 Å². The van der Waals surface area contributed by atoms with Crippen molar-refractivity contribution in [3.63, 3.8) is 0 Å². The molecule has 0 aliphatic carbocycles. The maximum absolute atomic E-state index is 11.0. The zero-order chi connectivity index (χ0) is 20.0. The van der Waals surface area contributed by atoms with Crippen molar-refractivity contribution in [2.24, 2.45) is 5.92 Å². The van der Waals surface area contributed by atoms with Gasteiger partial charge < -0.3 is 34.3 Å². The lowest BCUT2D eigenvalue weighted by molar-refractivity contribution is -0.760. The Balaban J connectivity index is 0.000000380. The molecule has 3 heterocycles. The normalized spacial score (nSPS) is 27.4. The number of aliphatic carboxylic acids is 2. The zero-order valence-electron chi connectivity index (χ0n) is 15.3. The molecular formula is C19H25NO7. The van der Waals surface area contributed by atoms with Gasteiger partial charge in [-0.2, -0.15) is 0 Å². The van der Waals surface area contributed by atoms with E-state index >= 15 is 0 Å². The Morgan fingerprint density at radius 3 is 2.26 bits per heavy atom. The van der Waals surface area contributed by atoms with E-state index in [1.165, 1.54) is 0 Å². The number of carbonyl (C=O) groups excluding carboxylic acids is 1. The molecule has 2 aromatic heterocycles. The molecule has 0 saturated carbocycles. The van der Waals surface area contributed by atoms with Crippen LogP contribution in [0.2, 0.25) is 0 Å². The highest BCUT2D eigenvalue weighted by molar-refractivity contribution is 6.26. The summed E-state index contributed by atoms with van der Waals surface area (Å²) in [6.45, 7) is 4.11. The van der Waals surface area contributed by atoms with Gasteiger partial charge in [-0.15, -0.1) is 0 Å². The minimum Gasteiger partial charge on any atom is -0.539 e. The second-order valence-electron chi connectivity index (χ2n) is 6.90. The van der Waals surface area contributed by atoms with Gasteiger partial charge in [0.05, 0.1) is 18.1 Å². The summed E-state index contributed by atoms with van der Waals surface area (Å²) in [6.07, 6.45) is 6.13. The van der Waals surface area contributed by atoms with Crippen LogP contribution >= 0.6 is 0 Å². The van der Waals surface area contributed by atoms with Crippen molar-refractivity contribution in [3.8, 4) is 0 Å². The first-order valence-electron chi connectivity index (χ1n) is 8.84. The number of carbonyl (C=O) groups is 2. The predicted octanol–water partition coefficient (Wildman–Crippen LogP) is 0.610. The maximum atomic E-state index is 11.0. The van der Waals surface area contributed by atoms with Crippen LogP contribution in [0, 0.1) is 5.92 Å². The average Bonchev–Trinajstić information content (AvgIpc) is 3.30. The molecule has 0 bridgehead atoms. The van der Waals surface area contributed by atoms with Crippen LogP contribution in [0.3, 0.4) is 0 Å². The van der Waals surface area contributed by atoms with Gasteiger partial charge in [0.15, 0.2) is 23.5 Å². The van der Waals surface area contributed by atoms with Crippen molar-refractivity contribution in [1.82, 2.24) is 0 Å². The Kier molecular flexibility index (Phi) is 6.81. The summed E-state index contributed by atoms with van der Waals surface area (Å²) >= 11 is 0. The Hall–Kier alpha value is -2.58. The lowest BCUT2D eigenvalue weighted by atomic mass is 9.72. The second kappa shape index (κ2) is 8.88. The average molecular weight is 379 g/mol. The number of hydrogen-bond donors (Lipinski definition) is 3. The van der Waals surface area contributed by atoms with Crippen molar-refractivity contribution in [3.05, 3.63) is 48.3 Å². The Morgan fingerprint density at radius 1 is 1.26 bits per heavy atom.